The molecule has 0 aromatic heterocycles. The first-order valence-electron chi connectivity index (χ1n) is 3.73. The molecule has 12 heavy (non-hydrogen) atoms. The molecule has 0 rings (SSSR count). The molecule has 1 atom stereocenters. The van der Waals surface area contributed by atoms with Crippen LogP contribution in [-0.2, 0) is 9.09 Å². The minimum Gasteiger partial charge on any atom is -0.566 e. The molecule has 1 unspecified atom stereocenters. The summed E-state index contributed by atoms with van der Waals surface area (Å²) in [6.45, 7) is 3.32. The van der Waals surface area contributed by atoms with E-state index in [4.69, 9.17) is 0 Å². The summed E-state index contributed by atoms with van der Waals surface area (Å²) in [4.78, 5) is 9.62. The Balaban J connectivity index is 0. The second-order valence-electron chi connectivity index (χ2n) is 4.06. The van der Waals surface area contributed by atoms with Gasteiger partial charge in [-0.05, 0) is 18.4 Å². The van der Waals surface area contributed by atoms with Crippen LogP contribution in [0.5, 0.6) is 0 Å². The van der Waals surface area contributed by atoms with E-state index in [0.717, 1.165) is 4.48 Å². The van der Waals surface area contributed by atoms with Gasteiger partial charge in [0.25, 0.3) is 0 Å². The molecule has 0 saturated carbocycles. The molecule has 0 aromatic carbocycles. The Hall–Kier alpha value is -0.0200. The second kappa shape index (κ2) is 6.49. The number of hydrogen-bond donors (Lipinski definition) is 0. The third-order valence-corrected chi connectivity index (χ3v) is 0.891. The number of hydrogen-bond acceptors (Lipinski definition) is 3. The molecular formula is C7H19NO3P+. The molecule has 0 aromatic rings. The van der Waals surface area contributed by atoms with Crippen LogP contribution in [-0.4, -0.2) is 38.8 Å². The molecule has 5 heteroatoms. The highest BCUT2D eigenvalue weighted by Gasteiger charge is 2.03. The first-order valence-corrected chi connectivity index (χ1v) is 4.82. The molecule has 0 fully saturated rings. The number of quaternary nitrogens is 1. The van der Waals surface area contributed by atoms with E-state index < -0.39 is 8.25 Å². The van der Waals surface area contributed by atoms with Gasteiger partial charge in [-0.15, -0.1) is 4.52 Å². The van der Waals surface area contributed by atoms with Crippen molar-refractivity contribution in [1.29, 1.82) is 0 Å². The SMILES string of the molecule is CC(C)O[P+](=O)[O-].C[N+](C)(C)C. The highest BCUT2D eigenvalue weighted by Crippen LogP contribution is 2.11. The largest absolute Gasteiger partial charge is 0.566 e. The van der Waals surface area contributed by atoms with Crippen LogP contribution in [0.3, 0.4) is 0 Å². The van der Waals surface area contributed by atoms with Gasteiger partial charge in [-0.2, -0.15) is 0 Å². The Bertz CT molecular complexity index is 125. The average Bonchev–Trinajstić information content (AvgIpc) is 1.52. The molecule has 0 amide bonds. The van der Waals surface area contributed by atoms with Crippen LogP contribution in [0, 0.1) is 0 Å². The van der Waals surface area contributed by atoms with Crippen molar-refractivity contribution >= 4 is 8.25 Å². The van der Waals surface area contributed by atoms with Crippen molar-refractivity contribution in [2.45, 2.75) is 20.0 Å². The molecule has 0 saturated heterocycles. The summed E-state index contributed by atoms with van der Waals surface area (Å²) in [6.07, 6.45) is -0.221. The molecule has 0 aliphatic rings. The Labute approximate surface area is 75.7 Å². The summed E-state index contributed by atoms with van der Waals surface area (Å²) in [5, 5.41) is 0. The lowest BCUT2D eigenvalue weighted by Crippen LogP contribution is -2.27. The summed E-state index contributed by atoms with van der Waals surface area (Å²) in [5.41, 5.74) is 0. The van der Waals surface area contributed by atoms with Crippen LogP contribution >= 0.6 is 8.25 Å². The molecule has 0 N–H and O–H groups in total. The van der Waals surface area contributed by atoms with Gasteiger partial charge >= 0.3 is 8.25 Å². The number of nitrogens with zero attached hydrogens (tertiary/aromatic N) is 1. The third kappa shape index (κ3) is 50.8. The molecule has 0 radical (unpaired) electrons. The Kier molecular flexibility index (Phi) is 7.84. The zero-order valence-electron chi connectivity index (χ0n) is 8.70. The summed E-state index contributed by atoms with van der Waals surface area (Å²) in [7, 11) is 5.86. The highest BCUT2D eigenvalue weighted by molar-refractivity contribution is 7.30. The quantitative estimate of drug-likeness (QED) is 0.483. The van der Waals surface area contributed by atoms with Gasteiger partial charge in [-0.25, -0.2) is 0 Å². The average molecular weight is 196 g/mol. The van der Waals surface area contributed by atoms with Crippen molar-refractivity contribution < 1.29 is 18.5 Å². The minimum atomic E-state index is -2.64. The van der Waals surface area contributed by atoms with Crippen molar-refractivity contribution in [3.05, 3.63) is 0 Å². The van der Waals surface area contributed by atoms with E-state index in [1.54, 1.807) is 13.8 Å². The van der Waals surface area contributed by atoms with Crippen molar-refractivity contribution in [3.63, 3.8) is 0 Å². The monoisotopic (exact) mass is 196 g/mol. The van der Waals surface area contributed by atoms with E-state index in [1.807, 2.05) is 0 Å². The van der Waals surface area contributed by atoms with Gasteiger partial charge in [0.15, 0.2) is 0 Å². The van der Waals surface area contributed by atoms with E-state index in [-0.39, 0.29) is 6.10 Å². The maximum atomic E-state index is 9.62. The van der Waals surface area contributed by atoms with Crippen LogP contribution in [0.2, 0.25) is 0 Å². The Morgan fingerprint density at radius 2 is 1.50 bits per heavy atom. The molecular weight excluding hydrogens is 177 g/mol. The van der Waals surface area contributed by atoms with E-state index in [9.17, 15) is 9.46 Å². The maximum Gasteiger partial charge on any atom is 0.488 e. The molecule has 0 spiro atoms. The van der Waals surface area contributed by atoms with Gasteiger partial charge < -0.3 is 9.38 Å². The number of rotatable bonds is 2. The van der Waals surface area contributed by atoms with Crippen LogP contribution in [0.4, 0.5) is 0 Å². The van der Waals surface area contributed by atoms with Crippen molar-refractivity contribution in [2.75, 3.05) is 28.2 Å². The molecule has 74 valence electrons. The fraction of sp³-hybridized carbons (Fsp3) is 1.00. The van der Waals surface area contributed by atoms with Crippen LogP contribution in [0.25, 0.3) is 0 Å². The lowest BCUT2D eigenvalue weighted by molar-refractivity contribution is -0.849. The van der Waals surface area contributed by atoms with E-state index in [0.29, 0.717) is 0 Å². The van der Waals surface area contributed by atoms with Crippen LogP contribution < -0.4 is 4.89 Å². The maximum absolute atomic E-state index is 9.62. The first-order chi connectivity index (χ1) is 5.13. The van der Waals surface area contributed by atoms with Gasteiger partial charge in [-0.1, -0.05) is 0 Å². The molecule has 0 heterocycles. The van der Waals surface area contributed by atoms with Crippen LogP contribution in [0.15, 0.2) is 0 Å². The fourth-order valence-corrected chi connectivity index (χ4v) is 0.516. The molecule has 4 nitrogen and oxygen atoms in total. The predicted octanol–water partition coefficient (Wildman–Crippen LogP) is 0.751. The van der Waals surface area contributed by atoms with Gasteiger partial charge in [0.1, 0.15) is 6.10 Å². The van der Waals surface area contributed by atoms with Crippen LogP contribution in [0.1, 0.15) is 13.8 Å². The van der Waals surface area contributed by atoms with Gasteiger partial charge in [0, 0.05) is 0 Å². The van der Waals surface area contributed by atoms with Crippen molar-refractivity contribution in [2.24, 2.45) is 0 Å². The molecule has 0 bridgehead atoms. The Morgan fingerprint density at radius 3 is 1.50 bits per heavy atom. The summed E-state index contributed by atoms with van der Waals surface area (Å²) in [6, 6.07) is 0. The highest BCUT2D eigenvalue weighted by atomic mass is 31.1. The summed E-state index contributed by atoms with van der Waals surface area (Å²) >= 11 is 0. The second-order valence-corrected chi connectivity index (χ2v) is 4.72. The molecule has 0 aliphatic heterocycles. The van der Waals surface area contributed by atoms with E-state index in [1.165, 1.54) is 0 Å². The summed E-state index contributed by atoms with van der Waals surface area (Å²) < 4.78 is 14.8. The van der Waals surface area contributed by atoms with Gasteiger partial charge in [-0.3, -0.25) is 0 Å². The van der Waals surface area contributed by atoms with E-state index in [2.05, 4.69) is 32.7 Å². The third-order valence-electron chi connectivity index (χ3n) is 0.297. The van der Waals surface area contributed by atoms with E-state index >= 15 is 0 Å². The van der Waals surface area contributed by atoms with Crippen molar-refractivity contribution in [3.8, 4) is 0 Å². The summed E-state index contributed by atoms with van der Waals surface area (Å²) in [5.74, 6) is 0. The predicted molar refractivity (Wildman–Crippen MR) is 47.8 cm³/mol. The minimum absolute atomic E-state index is 0.221. The Morgan fingerprint density at radius 1 is 1.25 bits per heavy atom. The standard InChI is InChI=1S/C4H12N.C3H7O3P/c1-5(2,3)4;1-3(2)6-7(4)5/h1-4H3;3H,1-2H3/q+1;. The zero-order chi connectivity index (χ0) is 10.4. The van der Waals surface area contributed by atoms with Gasteiger partial charge in [0.05, 0.1) is 28.2 Å². The molecule has 0 aliphatic carbocycles. The topological polar surface area (TPSA) is 49.4 Å². The zero-order valence-corrected chi connectivity index (χ0v) is 9.59. The first kappa shape index (κ1) is 14.5. The lowest BCUT2D eigenvalue weighted by Gasteiger charge is -2.14. The lowest BCUT2D eigenvalue weighted by atomic mass is 10.5. The normalized spacial score (nSPS) is 12.2. The van der Waals surface area contributed by atoms with Crippen molar-refractivity contribution in [1.82, 2.24) is 0 Å². The van der Waals surface area contributed by atoms with Gasteiger partial charge in [0.2, 0.25) is 0 Å². The smallest absolute Gasteiger partial charge is 0.488 e. The fourth-order valence-electron chi connectivity index (χ4n) is 0.172.